The van der Waals surface area contributed by atoms with E-state index < -0.39 is 29.0 Å². The van der Waals surface area contributed by atoms with Crippen molar-refractivity contribution in [3.63, 3.8) is 0 Å². The second-order valence-electron chi connectivity index (χ2n) is 6.60. The molecule has 0 amide bonds. The van der Waals surface area contributed by atoms with E-state index in [-0.39, 0.29) is 12.2 Å². The van der Waals surface area contributed by atoms with Crippen LogP contribution in [0.2, 0.25) is 0 Å². The Kier molecular flexibility index (Phi) is 8.98. The van der Waals surface area contributed by atoms with Crippen LogP contribution in [-0.4, -0.2) is 49.0 Å². The highest BCUT2D eigenvalue weighted by molar-refractivity contribution is 9.09. The van der Waals surface area contributed by atoms with Crippen molar-refractivity contribution < 1.29 is 28.3 Å². The van der Waals surface area contributed by atoms with Crippen LogP contribution in [-0.2, 0) is 14.3 Å². The number of oxime groups is 1. The second-order valence-corrected chi connectivity index (χ2v) is 7.77. The molecule has 0 aliphatic carbocycles. The van der Waals surface area contributed by atoms with Crippen LogP contribution in [0.3, 0.4) is 0 Å². The summed E-state index contributed by atoms with van der Waals surface area (Å²) in [5.41, 5.74) is 2.62. The minimum Gasteiger partial charge on any atom is -0.461 e. The lowest BCUT2D eigenvalue weighted by molar-refractivity contribution is 0.00846. The zero-order valence-electron chi connectivity index (χ0n) is 16.9. The van der Waals surface area contributed by atoms with Crippen LogP contribution < -0.4 is 0 Å². The quantitative estimate of drug-likeness (QED) is 0.230. The van der Waals surface area contributed by atoms with Gasteiger partial charge in [0.15, 0.2) is 12.3 Å². The van der Waals surface area contributed by atoms with Crippen LogP contribution in [0.15, 0.2) is 53.7 Å². The fourth-order valence-electron chi connectivity index (χ4n) is 2.45. The van der Waals surface area contributed by atoms with Gasteiger partial charge in [-0.15, -0.1) is 0 Å². The number of alkyl halides is 2. The largest absolute Gasteiger partial charge is 0.461 e. The van der Waals surface area contributed by atoms with Crippen LogP contribution in [0.5, 0.6) is 0 Å². The van der Waals surface area contributed by atoms with E-state index >= 15 is 0 Å². The van der Waals surface area contributed by atoms with Crippen LogP contribution in [0.25, 0.3) is 0 Å². The molecule has 0 bridgehead atoms. The minimum atomic E-state index is -1.79. The van der Waals surface area contributed by atoms with Crippen molar-refractivity contribution in [1.29, 1.82) is 0 Å². The Morgan fingerprint density at radius 1 is 1.00 bits per heavy atom. The molecule has 0 aliphatic heterocycles. The van der Waals surface area contributed by atoms with Gasteiger partial charge in [-0.25, -0.2) is 14.0 Å². The second kappa shape index (κ2) is 11.4. The van der Waals surface area contributed by atoms with E-state index in [1.165, 1.54) is 7.11 Å². The summed E-state index contributed by atoms with van der Waals surface area (Å²) in [5, 5.41) is 3.40. The Morgan fingerprint density at radius 3 is 2.00 bits per heavy atom. The number of esters is 2. The van der Waals surface area contributed by atoms with Crippen molar-refractivity contribution in [1.82, 2.24) is 0 Å². The Labute approximate surface area is 183 Å². The smallest absolute Gasteiger partial charge is 0.338 e. The maximum atomic E-state index is 14.7. The maximum Gasteiger partial charge on any atom is 0.338 e. The first kappa shape index (κ1) is 23.5. The molecule has 0 fully saturated rings. The van der Waals surface area contributed by atoms with Crippen molar-refractivity contribution in [2.75, 3.05) is 13.7 Å². The molecule has 2 rings (SSSR count). The average molecular weight is 480 g/mol. The van der Waals surface area contributed by atoms with E-state index in [0.717, 1.165) is 17.3 Å². The summed E-state index contributed by atoms with van der Waals surface area (Å²) in [6, 6.07) is 13.5. The molecular weight excluding hydrogens is 457 g/mol. The Morgan fingerprint density at radius 2 is 1.50 bits per heavy atom. The molecule has 160 valence electrons. The molecule has 0 unspecified atom stereocenters. The maximum absolute atomic E-state index is 14.7. The van der Waals surface area contributed by atoms with E-state index in [2.05, 4.69) is 25.9 Å². The molecule has 0 radical (unpaired) electrons. The summed E-state index contributed by atoms with van der Waals surface area (Å²) >= 11 is 3.27. The molecule has 0 spiro atoms. The third-order valence-electron chi connectivity index (χ3n) is 4.17. The number of benzene rings is 2. The minimum absolute atomic E-state index is 0.222. The van der Waals surface area contributed by atoms with Gasteiger partial charge in [-0.3, -0.25) is 0 Å². The molecule has 0 heterocycles. The van der Waals surface area contributed by atoms with Gasteiger partial charge in [0, 0.05) is 0 Å². The highest BCUT2D eigenvalue weighted by atomic mass is 79.9. The molecular formula is C22H23BrFNO5. The molecule has 0 N–H and O–H groups in total. The predicted molar refractivity (Wildman–Crippen MR) is 115 cm³/mol. The average Bonchev–Trinajstić information content (AvgIpc) is 2.74. The summed E-state index contributed by atoms with van der Waals surface area (Å²) < 4.78 is 25.3. The third-order valence-corrected chi connectivity index (χ3v) is 4.96. The highest BCUT2D eigenvalue weighted by Crippen LogP contribution is 2.19. The standard InChI is InChI=1S/C22H23BrFNO5/c1-14-4-8-16(9-5-14)21(26)29-13-18(23)20(19(24)12-25-28-3)30-22(27)17-10-6-15(2)7-11-17/h4-12,18-20H,13H2,1-3H3/t18-,19+,20-/m0/s1. The number of carbonyl (C=O) groups is 2. The van der Waals surface area contributed by atoms with Crippen molar-refractivity contribution in [2.24, 2.45) is 5.16 Å². The van der Waals surface area contributed by atoms with Crippen LogP contribution in [0.4, 0.5) is 4.39 Å². The summed E-state index contributed by atoms with van der Waals surface area (Å²) in [4.78, 5) is 28.3. The van der Waals surface area contributed by atoms with E-state index in [0.29, 0.717) is 5.56 Å². The fraction of sp³-hybridized carbons (Fsp3) is 0.318. The van der Waals surface area contributed by atoms with Crippen molar-refractivity contribution in [3.8, 4) is 0 Å². The molecule has 30 heavy (non-hydrogen) atoms. The lowest BCUT2D eigenvalue weighted by atomic mass is 10.1. The predicted octanol–water partition coefficient (Wildman–Crippen LogP) is 4.42. The van der Waals surface area contributed by atoms with Crippen molar-refractivity contribution in [3.05, 3.63) is 70.8 Å². The zero-order valence-corrected chi connectivity index (χ0v) is 18.5. The Bertz CT molecular complexity index is 870. The summed E-state index contributed by atoms with van der Waals surface area (Å²) in [7, 11) is 1.27. The Balaban J connectivity index is 2.07. The van der Waals surface area contributed by atoms with E-state index in [1.54, 1.807) is 48.5 Å². The molecule has 3 atom stereocenters. The number of rotatable bonds is 9. The SMILES string of the molecule is CON=C[C@@H](F)[C@@H](OC(=O)c1ccc(C)cc1)[C@@H](Br)COC(=O)c1ccc(C)cc1. The van der Waals surface area contributed by atoms with E-state index in [1.807, 2.05) is 13.8 Å². The lowest BCUT2D eigenvalue weighted by Gasteiger charge is -2.24. The van der Waals surface area contributed by atoms with Gasteiger partial charge in [0.05, 0.1) is 22.2 Å². The Hall–Kier alpha value is -2.74. The van der Waals surface area contributed by atoms with Crippen molar-refractivity contribution in [2.45, 2.75) is 31.0 Å². The number of hydrogen-bond donors (Lipinski definition) is 0. The monoisotopic (exact) mass is 479 g/mol. The zero-order chi connectivity index (χ0) is 22.1. The van der Waals surface area contributed by atoms with Gasteiger partial charge in [-0.05, 0) is 38.1 Å². The van der Waals surface area contributed by atoms with Crippen LogP contribution in [0.1, 0.15) is 31.8 Å². The molecule has 0 saturated heterocycles. The number of aryl methyl sites for hydroxylation is 2. The first-order valence-electron chi connectivity index (χ1n) is 9.18. The number of halogens is 2. The highest BCUT2D eigenvalue weighted by Gasteiger charge is 2.32. The number of ether oxygens (including phenoxy) is 2. The number of hydrogen-bond acceptors (Lipinski definition) is 6. The fourth-order valence-corrected chi connectivity index (χ4v) is 2.98. The third kappa shape index (κ3) is 6.95. The molecule has 6 nitrogen and oxygen atoms in total. The van der Waals surface area contributed by atoms with Crippen molar-refractivity contribution >= 4 is 34.1 Å². The first-order chi connectivity index (χ1) is 14.3. The number of nitrogens with zero attached hydrogens (tertiary/aromatic N) is 1. The van der Waals surface area contributed by atoms with Gasteiger partial charge < -0.3 is 14.3 Å². The van der Waals surface area contributed by atoms with Gasteiger partial charge in [-0.2, -0.15) is 0 Å². The van der Waals surface area contributed by atoms with Gasteiger partial charge in [0.25, 0.3) is 0 Å². The van der Waals surface area contributed by atoms with Gasteiger partial charge in [-0.1, -0.05) is 56.5 Å². The van der Waals surface area contributed by atoms with Crippen LogP contribution in [0, 0.1) is 13.8 Å². The molecule has 2 aromatic carbocycles. The normalized spacial score (nSPS) is 14.0. The topological polar surface area (TPSA) is 74.2 Å². The molecule has 2 aromatic rings. The molecule has 8 heteroatoms. The van der Waals surface area contributed by atoms with E-state index in [4.69, 9.17) is 9.47 Å². The summed E-state index contributed by atoms with van der Waals surface area (Å²) in [5.74, 6) is -1.27. The van der Waals surface area contributed by atoms with Gasteiger partial charge in [0.1, 0.15) is 13.7 Å². The lowest BCUT2D eigenvalue weighted by Crippen LogP contribution is -2.39. The van der Waals surface area contributed by atoms with Gasteiger partial charge in [0.2, 0.25) is 0 Å². The number of carbonyl (C=O) groups excluding carboxylic acids is 2. The first-order valence-corrected chi connectivity index (χ1v) is 10.1. The molecule has 0 aromatic heterocycles. The van der Waals surface area contributed by atoms with Crippen LogP contribution >= 0.6 is 15.9 Å². The van der Waals surface area contributed by atoms with E-state index in [9.17, 15) is 14.0 Å². The summed E-state index contributed by atoms with van der Waals surface area (Å²) in [6.45, 7) is 3.56. The molecule has 0 aliphatic rings. The van der Waals surface area contributed by atoms with Gasteiger partial charge >= 0.3 is 11.9 Å². The molecule has 0 saturated carbocycles. The summed E-state index contributed by atoms with van der Waals surface area (Å²) in [6.07, 6.45) is -2.21.